The minimum absolute atomic E-state index is 0.248. The second kappa shape index (κ2) is 4.58. The molecule has 1 rings (SSSR count). The summed E-state index contributed by atoms with van der Waals surface area (Å²) >= 11 is 1.73. The molecule has 3 heteroatoms. The van der Waals surface area contributed by atoms with Gasteiger partial charge >= 0.3 is 0 Å². The highest BCUT2D eigenvalue weighted by Gasteiger charge is 2.08. The molecular weight excluding hydrogens is 172 g/mol. The number of hydrogen-bond acceptors (Lipinski definition) is 3. The fourth-order valence-corrected chi connectivity index (χ4v) is 1.64. The van der Waals surface area contributed by atoms with E-state index in [1.807, 2.05) is 19.9 Å². The summed E-state index contributed by atoms with van der Waals surface area (Å²) in [7, 11) is 0. The SMILES string of the molecule is CC(O)C(C)SCc1ccoc1. The number of rotatable bonds is 4. The molecule has 0 fully saturated rings. The zero-order valence-corrected chi connectivity index (χ0v) is 8.17. The van der Waals surface area contributed by atoms with E-state index >= 15 is 0 Å². The topological polar surface area (TPSA) is 33.4 Å². The third-order valence-electron chi connectivity index (χ3n) is 1.77. The molecule has 0 aliphatic carbocycles. The number of furan rings is 1. The molecule has 0 spiro atoms. The Balaban J connectivity index is 2.27. The van der Waals surface area contributed by atoms with Gasteiger partial charge in [0, 0.05) is 16.6 Å². The van der Waals surface area contributed by atoms with Crippen LogP contribution in [0.25, 0.3) is 0 Å². The second-order valence-corrected chi connectivity index (χ2v) is 4.25. The third-order valence-corrected chi connectivity index (χ3v) is 3.19. The Bertz CT molecular complexity index is 206. The van der Waals surface area contributed by atoms with Gasteiger partial charge < -0.3 is 9.52 Å². The van der Waals surface area contributed by atoms with Crippen molar-refractivity contribution >= 4 is 11.8 Å². The first-order valence-corrected chi connectivity index (χ1v) is 5.06. The van der Waals surface area contributed by atoms with Crippen LogP contribution >= 0.6 is 11.8 Å². The van der Waals surface area contributed by atoms with Gasteiger partial charge in [0.15, 0.2) is 0 Å². The van der Waals surface area contributed by atoms with E-state index in [0.29, 0.717) is 0 Å². The normalized spacial score (nSPS) is 15.9. The van der Waals surface area contributed by atoms with Crippen LogP contribution in [-0.2, 0) is 5.75 Å². The van der Waals surface area contributed by atoms with Gasteiger partial charge in [-0.25, -0.2) is 0 Å². The largest absolute Gasteiger partial charge is 0.472 e. The summed E-state index contributed by atoms with van der Waals surface area (Å²) in [4.78, 5) is 0. The number of aliphatic hydroxyl groups is 1. The maximum Gasteiger partial charge on any atom is 0.0942 e. The molecule has 1 aromatic rings. The Morgan fingerprint density at radius 3 is 2.83 bits per heavy atom. The van der Waals surface area contributed by atoms with Crippen LogP contribution in [0.2, 0.25) is 0 Å². The predicted molar refractivity (Wildman–Crippen MR) is 51.1 cm³/mol. The van der Waals surface area contributed by atoms with Crippen LogP contribution in [0.1, 0.15) is 19.4 Å². The number of hydrogen-bond donors (Lipinski definition) is 1. The molecule has 0 saturated heterocycles. The van der Waals surface area contributed by atoms with E-state index in [9.17, 15) is 5.11 Å². The first kappa shape index (κ1) is 9.68. The average molecular weight is 186 g/mol. The van der Waals surface area contributed by atoms with Gasteiger partial charge in [-0.05, 0) is 13.0 Å². The van der Waals surface area contributed by atoms with Gasteiger partial charge in [0.1, 0.15) is 0 Å². The minimum atomic E-state index is -0.248. The Morgan fingerprint density at radius 1 is 1.58 bits per heavy atom. The van der Waals surface area contributed by atoms with Gasteiger partial charge in [-0.15, -0.1) is 0 Å². The van der Waals surface area contributed by atoms with Gasteiger partial charge in [0.2, 0.25) is 0 Å². The Morgan fingerprint density at radius 2 is 2.33 bits per heavy atom. The van der Waals surface area contributed by atoms with E-state index in [2.05, 4.69) is 0 Å². The van der Waals surface area contributed by atoms with Crippen LogP contribution in [-0.4, -0.2) is 16.5 Å². The fourth-order valence-electron chi connectivity index (χ4n) is 0.742. The van der Waals surface area contributed by atoms with Crippen molar-refractivity contribution in [2.24, 2.45) is 0 Å². The van der Waals surface area contributed by atoms with E-state index in [0.717, 1.165) is 5.75 Å². The molecule has 68 valence electrons. The van der Waals surface area contributed by atoms with Crippen molar-refractivity contribution in [2.45, 2.75) is 31.0 Å². The minimum Gasteiger partial charge on any atom is -0.472 e. The van der Waals surface area contributed by atoms with Gasteiger partial charge in [-0.3, -0.25) is 0 Å². The number of aliphatic hydroxyl groups excluding tert-OH is 1. The Hall–Kier alpha value is -0.410. The van der Waals surface area contributed by atoms with Crippen LogP contribution in [0.3, 0.4) is 0 Å². The van der Waals surface area contributed by atoms with Crippen molar-refractivity contribution in [3.05, 3.63) is 24.2 Å². The lowest BCUT2D eigenvalue weighted by Crippen LogP contribution is -2.15. The van der Waals surface area contributed by atoms with Gasteiger partial charge in [-0.1, -0.05) is 6.92 Å². The van der Waals surface area contributed by atoms with E-state index in [-0.39, 0.29) is 11.4 Å². The second-order valence-electron chi connectivity index (χ2n) is 2.89. The summed E-state index contributed by atoms with van der Waals surface area (Å²) in [5, 5.41) is 9.48. The molecule has 0 radical (unpaired) electrons. The molecule has 0 aliphatic heterocycles. The van der Waals surface area contributed by atoms with Crippen molar-refractivity contribution in [3.63, 3.8) is 0 Å². The average Bonchev–Trinajstić information content (AvgIpc) is 2.51. The summed E-state index contributed by atoms with van der Waals surface area (Å²) in [5.41, 5.74) is 1.17. The van der Waals surface area contributed by atoms with Crippen molar-refractivity contribution in [1.82, 2.24) is 0 Å². The van der Waals surface area contributed by atoms with E-state index in [4.69, 9.17) is 4.42 Å². The standard InChI is InChI=1S/C9H14O2S/c1-7(10)8(2)12-6-9-3-4-11-5-9/h3-5,7-8,10H,6H2,1-2H3. The van der Waals surface area contributed by atoms with Crippen LogP contribution in [0.15, 0.2) is 23.0 Å². The van der Waals surface area contributed by atoms with E-state index in [1.165, 1.54) is 5.56 Å². The van der Waals surface area contributed by atoms with Crippen molar-refractivity contribution in [3.8, 4) is 0 Å². The van der Waals surface area contributed by atoms with Crippen molar-refractivity contribution < 1.29 is 9.52 Å². The Labute approximate surface area is 77.0 Å². The van der Waals surface area contributed by atoms with Gasteiger partial charge in [0.05, 0.1) is 18.6 Å². The van der Waals surface area contributed by atoms with E-state index < -0.39 is 0 Å². The highest BCUT2D eigenvalue weighted by molar-refractivity contribution is 7.99. The summed E-state index contributed by atoms with van der Waals surface area (Å²) in [6.45, 7) is 3.84. The van der Waals surface area contributed by atoms with E-state index in [1.54, 1.807) is 24.3 Å². The lowest BCUT2D eigenvalue weighted by Gasteiger charge is -2.12. The first-order valence-electron chi connectivity index (χ1n) is 4.01. The lowest BCUT2D eigenvalue weighted by molar-refractivity contribution is 0.196. The predicted octanol–water partition coefficient (Wildman–Crippen LogP) is 2.28. The molecule has 1 heterocycles. The van der Waals surface area contributed by atoms with Crippen molar-refractivity contribution in [1.29, 1.82) is 0 Å². The molecule has 2 unspecified atom stereocenters. The quantitative estimate of drug-likeness (QED) is 0.783. The molecular formula is C9H14O2S. The molecule has 1 N–H and O–H groups in total. The highest BCUT2D eigenvalue weighted by atomic mass is 32.2. The summed E-state index contributed by atoms with van der Waals surface area (Å²) < 4.78 is 4.93. The van der Waals surface area contributed by atoms with Gasteiger partial charge in [-0.2, -0.15) is 11.8 Å². The maximum absolute atomic E-state index is 9.21. The molecule has 12 heavy (non-hydrogen) atoms. The summed E-state index contributed by atoms with van der Waals surface area (Å²) in [5.74, 6) is 0.905. The number of thioether (sulfide) groups is 1. The van der Waals surface area contributed by atoms with Crippen molar-refractivity contribution in [2.75, 3.05) is 0 Å². The smallest absolute Gasteiger partial charge is 0.0942 e. The molecule has 2 nitrogen and oxygen atoms in total. The van der Waals surface area contributed by atoms with Crippen LogP contribution in [0.4, 0.5) is 0 Å². The zero-order valence-electron chi connectivity index (χ0n) is 7.36. The first-order chi connectivity index (χ1) is 5.70. The monoisotopic (exact) mass is 186 g/mol. The molecule has 2 atom stereocenters. The Kier molecular flexibility index (Phi) is 3.69. The molecule has 1 aromatic heterocycles. The summed E-state index contributed by atoms with van der Waals surface area (Å²) in [6.07, 6.45) is 3.16. The van der Waals surface area contributed by atoms with Crippen LogP contribution in [0, 0.1) is 0 Å². The molecule has 0 amide bonds. The third kappa shape index (κ3) is 2.91. The van der Waals surface area contributed by atoms with Crippen LogP contribution < -0.4 is 0 Å². The van der Waals surface area contributed by atoms with Gasteiger partial charge in [0.25, 0.3) is 0 Å². The molecule has 0 bridgehead atoms. The highest BCUT2D eigenvalue weighted by Crippen LogP contribution is 2.19. The molecule has 0 aromatic carbocycles. The molecule has 0 saturated carbocycles. The fraction of sp³-hybridized carbons (Fsp3) is 0.556. The summed E-state index contributed by atoms with van der Waals surface area (Å²) in [6, 6.07) is 1.95. The molecule has 0 aliphatic rings. The van der Waals surface area contributed by atoms with Crippen LogP contribution in [0.5, 0.6) is 0 Å². The lowest BCUT2D eigenvalue weighted by atomic mass is 10.3. The maximum atomic E-state index is 9.21. The zero-order chi connectivity index (χ0) is 8.97.